The van der Waals surface area contributed by atoms with E-state index in [1.165, 1.54) is 0 Å². The summed E-state index contributed by atoms with van der Waals surface area (Å²) in [7, 11) is 0. The Morgan fingerprint density at radius 1 is 1.10 bits per heavy atom. The van der Waals surface area contributed by atoms with Crippen LogP contribution in [0.5, 0.6) is 0 Å². The Bertz CT molecular complexity index is 1100. The van der Waals surface area contributed by atoms with Gasteiger partial charge in [-0.15, -0.1) is 0 Å². The minimum Gasteiger partial charge on any atom is -0.480 e. The molecule has 0 saturated heterocycles. The molecule has 148 valence electrons. The van der Waals surface area contributed by atoms with Crippen LogP contribution in [-0.4, -0.2) is 40.5 Å². The summed E-state index contributed by atoms with van der Waals surface area (Å²) in [5, 5.41) is 15.3. The number of hydrogen-bond donors (Lipinski definition) is 3. The molecule has 3 N–H and O–H groups in total. The highest BCUT2D eigenvalue weighted by atomic mass is 16.4. The molecule has 0 saturated carbocycles. The Morgan fingerprint density at radius 2 is 1.90 bits per heavy atom. The van der Waals surface area contributed by atoms with Gasteiger partial charge in [-0.2, -0.15) is 0 Å². The third-order valence-electron chi connectivity index (χ3n) is 5.13. The van der Waals surface area contributed by atoms with E-state index in [9.17, 15) is 14.4 Å². The van der Waals surface area contributed by atoms with Crippen LogP contribution >= 0.6 is 0 Å². The van der Waals surface area contributed by atoms with Crippen molar-refractivity contribution >= 4 is 28.7 Å². The van der Waals surface area contributed by atoms with Gasteiger partial charge in [0.15, 0.2) is 0 Å². The monoisotopic (exact) mass is 391 g/mol. The summed E-state index contributed by atoms with van der Waals surface area (Å²) in [6.07, 6.45) is 1.05. The fourth-order valence-corrected chi connectivity index (χ4v) is 3.83. The average molecular weight is 391 g/mol. The molecule has 1 aromatic heterocycles. The molecule has 2 heterocycles. The topological polar surface area (TPSA) is 100 Å². The maximum absolute atomic E-state index is 13.1. The number of carbonyl (C=O) groups excluding carboxylic acids is 2. The van der Waals surface area contributed by atoms with Crippen molar-refractivity contribution in [3.8, 4) is 0 Å². The summed E-state index contributed by atoms with van der Waals surface area (Å²) in [4.78, 5) is 36.1. The Balaban J connectivity index is 1.74. The molecule has 0 atom stereocenters. The molecule has 0 spiro atoms. The fraction of sp³-hybridized carbons (Fsp3) is 0.227. The smallest absolute Gasteiger partial charge is 0.322 e. The third kappa shape index (κ3) is 3.77. The number of hydrogen-bond acceptors (Lipinski definition) is 4. The summed E-state index contributed by atoms with van der Waals surface area (Å²) in [5.74, 6) is -1.56. The summed E-state index contributed by atoms with van der Waals surface area (Å²) in [5.41, 5.74) is 4.09. The summed E-state index contributed by atoms with van der Waals surface area (Å²) in [6.45, 7) is 0.953. The summed E-state index contributed by atoms with van der Waals surface area (Å²) >= 11 is 0. The number of rotatable bonds is 5. The largest absolute Gasteiger partial charge is 0.480 e. The molecule has 4 rings (SSSR count). The van der Waals surface area contributed by atoms with Crippen LogP contribution in [0.15, 0.2) is 48.5 Å². The van der Waals surface area contributed by atoms with Crippen LogP contribution in [0.4, 0.5) is 0 Å². The molecule has 1 aliphatic heterocycles. The molecular weight excluding hydrogens is 370 g/mol. The molecule has 0 aliphatic carbocycles. The second-order valence-corrected chi connectivity index (χ2v) is 7.05. The van der Waals surface area contributed by atoms with Gasteiger partial charge in [0.2, 0.25) is 5.91 Å². The van der Waals surface area contributed by atoms with Crippen molar-refractivity contribution in [3.05, 3.63) is 70.9 Å². The molecule has 29 heavy (non-hydrogen) atoms. The van der Waals surface area contributed by atoms with Crippen molar-refractivity contribution < 1.29 is 19.5 Å². The Labute approximate surface area is 167 Å². The third-order valence-corrected chi connectivity index (χ3v) is 5.13. The molecule has 2 aromatic carbocycles. The van der Waals surface area contributed by atoms with E-state index in [0.29, 0.717) is 12.1 Å². The van der Waals surface area contributed by atoms with Crippen LogP contribution in [0.25, 0.3) is 10.9 Å². The normalized spacial score (nSPS) is 13.1. The number of carboxylic acids is 1. The van der Waals surface area contributed by atoms with Gasteiger partial charge in [0.1, 0.15) is 6.54 Å². The number of carboxylic acid groups (broad SMARTS) is 1. The average Bonchev–Trinajstić information content (AvgIpc) is 3.06. The molecular formula is C22H21N3O4. The number of aromatic nitrogens is 1. The number of amides is 1. The molecule has 7 nitrogen and oxygen atoms in total. The SMILES string of the molecule is O=C(O)CNC(=O)c1ccc2c(c1)c1c(n2C(=O)Cc2ccccc2)CNCC1. The van der Waals surface area contributed by atoms with Gasteiger partial charge in [0.05, 0.1) is 11.9 Å². The Hall–Kier alpha value is -3.45. The number of aliphatic carboxylic acids is 1. The van der Waals surface area contributed by atoms with Crippen molar-refractivity contribution in [2.24, 2.45) is 0 Å². The first-order valence-corrected chi connectivity index (χ1v) is 9.48. The highest BCUT2D eigenvalue weighted by molar-refractivity contribution is 6.03. The van der Waals surface area contributed by atoms with E-state index in [-0.39, 0.29) is 12.3 Å². The molecule has 0 unspecified atom stereocenters. The highest BCUT2D eigenvalue weighted by Gasteiger charge is 2.24. The van der Waals surface area contributed by atoms with E-state index in [4.69, 9.17) is 5.11 Å². The zero-order valence-corrected chi connectivity index (χ0v) is 15.8. The van der Waals surface area contributed by atoms with Gasteiger partial charge in [-0.05, 0) is 42.3 Å². The van der Waals surface area contributed by atoms with E-state index in [1.807, 2.05) is 30.3 Å². The lowest BCUT2D eigenvalue weighted by Crippen LogP contribution is -2.29. The maximum atomic E-state index is 13.1. The predicted molar refractivity (Wildman–Crippen MR) is 108 cm³/mol. The van der Waals surface area contributed by atoms with Crippen LogP contribution < -0.4 is 10.6 Å². The number of fused-ring (bicyclic) bond motifs is 3. The van der Waals surface area contributed by atoms with E-state index in [0.717, 1.165) is 40.7 Å². The first-order valence-electron chi connectivity index (χ1n) is 9.48. The van der Waals surface area contributed by atoms with Crippen LogP contribution in [0.3, 0.4) is 0 Å². The molecule has 0 radical (unpaired) electrons. The number of nitrogens with one attached hydrogen (secondary N) is 2. The van der Waals surface area contributed by atoms with Crippen molar-refractivity contribution in [1.82, 2.24) is 15.2 Å². The lowest BCUT2D eigenvalue weighted by molar-refractivity contribution is -0.135. The minimum atomic E-state index is -1.10. The molecule has 3 aromatic rings. The first kappa shape index (κ1) is 18.9. The molecule has 0 bridgehead atoms. The number of benzene rings is 2. The van der Waals surface area contributed by atoms with Crippen LogP contribution in [0, 0.1) is 0 Å². The van der Waals surface area contributed by atoms with Gasteiger partial charge < -0.3 is 15.7 Å². The second-order valence-electron chi connectivity index (χ2n) is 7.05. The van der Waals surface area contributed by atoms with Crippen molar-refractivity contribution in [2.45, 2.75) is 19.4 Å². The zero-order chi connectivity index (χ0) is 20.4. The van der Waals surface area contributed by atoms with Crippen molar-refractivity contribution in [3.63, 3.8) is 0 Å². The van der Waals surface area contributed by atoms with Crippen LogP contribution in [0.2, 0.25) is 0 Å². The fourth-order valence-electron chi connectivity index (χ4n) is 3.83. The molecule has 7 heteroatoms. The second kappa shape index (κ2) is 7.89. The first-order chi connectivity index (χ1) is 14.0. The molecule has 0 fully saturated rings. The van der Waals surface area contributed by atoms with Gasteiger partial charge in [-0.3, -0.25) is 19.0 Å². The van der Waals surface area contributed by atoms with Crippen molar-refractivity contribution in [2.75, 3.05) is 13.1 Å². The van der Waals surface area contributed by atoms with Crippen molar-refractivity contribution in [1.29, 1.82) is 0 Å². The van der Waals surface area contributed by atoms with E-state index >= 15 is 0 Å². The van der Waals surface area contributed by atoms with Gasteiger partial charge >= 0.3 is 5.97 Å². The van der Waals surface area contributed by atoms with Gasteiger partial charge in [-0.1, -0.05) is 30.3 Å². The lowest BCUT2D eigenvalue weighted by atomic mass is 10.0. The quantitative estimate of drug-likeness (QED) is 0.618. The van der Waals surface area contributed by atoms with E-state index in [2.05, 4.69) is 10.6 Å². The summed E-state index contributed by atoms with van der Waals surface area (Å²) in [6, 6.07) is 14.8. The predicted octanol–water partition coefficient (Wildman–Crippen LogP) is 1.98. The van der Waals surface area contributed by atoms with Gasteiger partial charge in [0.25, 0.3) is 5.91 Å². The maximum Gasteiger partial charge on any atom is 0.322 e. The van der Waals surface area contributed by atoms with E-state index in [1.54, 1.807) is 22.8 Å². The zero-order valence-electron chi connectivity index (χ0n) is 15.8. The molecule has 1 amide bonds. The standard InChI is InChI=1S/C22H21N3O4/c26-20(10-14-4-2-1-3-5-14)25-18-7-6-15(22(29)24-13-21(27)28)11-17(18)16-8-9-23-12-19(16)25/h1-7,11,23H,8-10,12-13H2,(H,24,29)(H,27,28). The van der Waals surface area contributed by atoms with Crippen LogP contribution in [-0.2, 0) is 24.2 Å². The Morgan fingerprint density at radius 3 is 2.66 bits per heavy atom. The summed E-state index contributed by atoms with van der Waals surface area (Å²) < 4.78 is 1.75. The minimum absolute atomic E-state index is 0.0192. The van der Waals surface area contributed by atoms with Gasteiger partial charge in [0, 0.05) is 23.2 Å². The highest BCUT2D eigenvalue weighted by Crippen LogP contribution is 2.30. The Kier molecular flexibility index (Phi) is 5.14. The molecule has 1 aliphatic rings. The lowest BCUT2D eigenvalue weighted by Gasteiger charge is -2.16. The van der Waals surface area contributed by atoms with Crippen LogP contribution in [0.1, 0.15) is 32.0 Å². The number of nitrogens with zero attached hydrogens (tertiary/aromatic N) is 1. The number of carbonyl (C=O) groups is 3. The van der Waals surface area contributed by atoms with E-state index < -0.39 is 18.4 Å². The van der Waals surface area contributed by atoms with Gasteiger partial charge in [-0.25, -0.2) is 0 Å².